The van der Waals surface area contributed by atoms with Crippen molar-refractivity contribution in [2.75, 3.05) is 26.2 Å². The lowest BCUT2D eigenvalue weighted by Crippen LogP contribution is -2.49. The summed E-state index contributed by atoms with van der Waals surface area (Å²) >= 11 is 0. The van der Waals surface area contributed by atoms with Gasteiger partial charge < -0.3 is 10.2 Å². The summed E-state index contributed by atoms with van der Waals surface area (Å²) in [6.45, 7) is 6.01. The van der Waals surface area contributed by atoms with Crippen molar-refractivity contribution in [3.63, 3.8) is 0 Å². The molecule has 1 amide bonds. The van der Waals surface area contributed by atoms with E-state index < -0.39 is 0 Å². The van der Waals surface area contributed by atoms with Crippen LogP contribution in [0.4, 0.5) is 0 Å². The van der Waals surface area contributed by atoms with Gasteiger partial charge in [-0.2, -0.15) is 0 Å². The van der Waals surface area contributed by atoms with Crippen LogP contribution in [0.2, 0.25) is 0 Å². The molecule has 0 aromatic rings. The largest absolute Gasteiger partial charge is 0.342 e. The Balaban J connectivity index is 2.00. The first-order chi connectivity index (χ1) is 6.72. The highest BCUT2D eigenvalue weighted by Crippen LogP contribution is 2.29. The van der Waals surface area contributed by atoms with Gasteiger partial charge in [-0.3, -0.25) is 4.79 Å². The minimum atomic E-state index is -0.122. The molecule has 2 fully saturated rings. The fourth-order valence-electron chi connectivity index (χ4n) is 2.54. The lowest BCUT2D eigenvalue weighted by Gasteiger charge is -2.35. The maximum Gasteiger partial charge on any atom is 0.229 e. The van der Waals surface area contributed by atoms with E-state index in [1.807, 2.05) is 4.90 Å². The SMILES string of the molecule is CC1(C(=O)N2CCCC2)CCCNC1. The van der Waals surface area contributed by atoms with Gasteiger partial charge in [-0.15, -0.1) is 0 Å². The summed E-state index contributed by atoms with van der Waals surface area (Å²) in [4.78, 5) is 14.3. The quantitative estimate of drug-likeness (QED) is 0.678. The molecule has 2 rings (SSSR count). The summed E-state index contributed by atoms with van der Waals surface area (Å²) < 4.78 is 0. The van der Waals surface area contributed by atoms with Crippen LogP contribution < -0.4 is 5.32 Å². The molecule has 3 nitrogen and oxygen atoms in total. The maximum absolute atomic E-state index is 12.2. The molecule has 2 heterocycles. The fourth-order valence-corrected chi connectivity index (χ4v) is 2.54. The molecule has 2 aliphatic rings. The van der Waals surface area contributed by atoms with E-state index in [4.69, 9.17) is 0 Å². The van der Waals surface area contributed by atoms with Gasteiger partial charge in [0.05, 0.1) is 5.41 Å². The third-order valence-corrected chi connectivity index (χ3v) is 3.51. The number of likely N-dealkylation sites (tertiary alicyclic amines) is 1. The van der Waals surface area contributed by atoms with Crippen molar-refractivity contribution in [3.8, 4) is 0 Å². The lowest BCUT2D eigenvalue weighted by molar-refractivity contribution is -0.141. The molecule has 0 bridgehead atoms. The summed E-state index contributed by atoms with van der Waals surface area (Å²) in [6, 6.07) is 0. The second-order valence-electron chi connectivity index (χ2n) is 4.84. The van der Waals surface area contributed by atoms with Gasteiger partial charge in [0.1, 0.15) is 0 Å². The van der Waals surface area contributed by atoms with Crippen molar-refractivity contribution in [2.45, 2.75) is 32.6 Å². The number of rotatable bonds is 1. The molecule has 2 aliphatic heterocycles. The van der Waals surface area contributed by atoms with Gasteiger partial charge in [-0.1, -0.05) is 0 Å². The molecule has 0 saturated carbocycles. The van der Waals surface area contributed by atoms with Gasteiger partial charge in [-0.25, -0.2) is 0 Å². The summed E-state index contributed by atoms with van der Waals surface area (Å²) in [7, 11) is 0. The highest BCUT2D eigenvalue weighted by Gasteiger charge is 2.38. The first kappa shape index (κ1) is 9.97. The highest BCUT2D eigenvalue weighted by atomic mass is 16.2. The normalized spacial score (nSPS) is 33.4. The lowest BCUT2D eigenvalue weighted by atomic mass is 9.81. The molecule has 0 aromatic heterocycles. The molecule has 0 aromatic carbocycles. The van der Waals surface area contributed by atoms with Gasteiger partial charge in [0, 0.05) is 19.6 Å². The van der Waals surface area contributed by atoms with Gasteiger partial charge in [0.2, 0.25) is 5.91 Å². The molecule has 14 heavy (non-hydrogen) atoms. The van der Waals surface area contributed by atoms with Crippen molar-refractivity contribution in [3.05, 3.63) is 0 Å². The summed E-state index contributed by atoms with van der Waals surface area (Å²) in [6.07, 6.45) is 4.57. The molecule has 0 spiro atoms. The van der Waals surface area contributed by atoms with E-state index in [2.05, 4.69) is 12.2 Å². The zero-order chi connectivity index (χ0) is 10.0. The second-order valence-corrected chi connectivity index (χ2v) is 4.84. The van der Waals surface area contributed by atoms with Crippen molar-refractivity contribution in [1.82, 2.24) is 10.2 Å². The number of hydrogen-bond acceptors (Lipinski definition) is 2. The number of carbonyl (C=O) groups is 1. The zero-order valence-electron chi connectivity index (χ0n) is 9.01. The van der Waals surface area contributed by atoms with Crippen LogP contribution in [0, 0.1) is 5.41 Å². The van der Waals surface area contributed by atoms with Gasteiger partial charge >= 0.3 is 0 Å². The van der Waals surface area contributed by atoms with Crippen molar-refractivity contribution in [1.29, 1.82) is 0 Å². The van der Waals surface area contributed by atoms with Crippen molar-refractivity contribution >= 4 is 5.91 Å². The molecule has 0 radical (unpaired) electrons. The van der Waals surface area contributed by atoms with Crippen LogP contribution in [0.3, 0.4) is 0 Å². The molecular formula is C11H20N2O. The summed E-state index contributed by atoms with van der Waals surface area (Å²) in [5.41, 5.74) is -0.122. The van der Waals surface area contributed by atoms with Crippen LogP contribution in [0.1, 0.15) is 32.6 Å². The summed E-state index contributed by atoms with van der Waals surface area (Å²) in [5.74, 6) is 0.377. The second kappa shape index (κ2) is 3.89. The van der Waals surface area contributed by atoms with Crippen molar-refractivity contribution in [2.24, 2.45) is 5.41 Å². The van der Waals surface area contributed by atoms with E-state index in [1.165, 1.54) is 12.8 Å². The number of nitrogens with zero attached hydrogens (tertiary/aromatic N) is 1. The molecule has 1 unspecified atom stereocenters. The van der Waals surface area contributed by atoms with Crippen LogP contribution in [0.25, 0.3) is 0 Å². The smallest absolute Gasteiger partial charge is 0.229 e. The molecule has 1 atom stereocenters. The number of carbonyl (C=O) groups excluding carboxylic acids is 1. The minimum absolute atomic E-state index is 0.122. The monoisotopic (exact) mass is 196 g/mol. The third kappa shape index (κ3) is 1.78. The Morgan fingerprint density at radius 2 is 2.00 bits per heavy atom. The minimum Gasteiger partial charge on any atom is -0.342 e. The molecule has 2 saturated heterocycles. The Bertz CT molecular complexity index is 215. The Labute approximate surface area is 85.8 Å². The van der Waals surface area contributed by atoms with Gasteiger partial charge in [0.15, 0.2) is 0 Å². The zero-order valence-corrected chi connectivity index (χ0v) is 9.01. The van der Waals surface area contributed by atoms with Crippen molar-refractivity contribution < 1.29 is 4.79 Å². The first-order valence-electron chi connectivity index (χ1n) is 5.72. The number of amides is 1. The summed E-state index contributed by atoms with van der Waals surface area (Å²) in [5, 5.41) is 3.33. The number of hydrogen-bond donors (Lipinski definition) is 1. The number of nitrogens with one attached hydrogen (secondary N) is 1. The predicted octanol–water partition coefficient (Wildman–Crippen LogP) is 0.998. The average molecular weight is 196 g/mol. The Hall–Kier alpha value is -0.570. The van der Waals surface area contributed by atoms with E-state index in [9.17, 15) is 4.79 Å². The molecule has 0 aliphatic carbocycles. The highest BCUT2D eigenvalue weighted by molar-refractivity contribution is 5.83. The maximum atomic E-state index is 12.2. The Morgan fingerprint density at radius 3 is 2.57 bits per heavy atom. The van der Waals surface area contributed by atoms with Gasteiger partial charge in [-0.05, 0) is 39.2 Å². The fraction of sp³-hybridized carbons (Fsp3) is 0.909. The standard InChI is InChI=1S/C11H20N2O/c1-11(5-4-6-12-9-11)10(14)13-7-2-3-8-13/h12H,2-9H2,1H3. The van der Waals surface area contributed by atoms with Crippen LogP contribution in [-0.2, 0) is 4.79 Å². The van der Waals surface area contributed by atoms with E-state index in [1.54, 1.807) is 0 Å². The third-order valence-electron chi connectivity index (χ3n) is 3.51. The van der Waals surface area contributed by atoms with Crippen LogP contribution in [0.5, 0.6) is 0 Å². The van der Waals surface area contributed by atoms with Crippen LogP contribution in [-0.4, -0.2) is 37.0 Å². The molecule has 80 valence electrons. The molecule has 1 N–H and O–H groups in total. The van der Waals surface area contributed by atoms with E-state index in [0.717, 1.165) is 39.0 Å². The van der Waals surface area contributed by atoms with E-state index in [-0.39, 0.29) is 5.41 Å². The number of piperidine rings is 1. The molecule has 3 heteroatoms. The predicted molar refractivity (Wildman–Crippen MR) is 56.0 cm³/mol. The van der Waals surface area contributed by atoms with Crippen LogP contribution in [0.15, 0.2) is 0 Å². The topological polar surface area (TPSA) is 32.3 Å². The molecular weight excluding hydrogens is 176 g/mol. The average Bonchev–Trinajstić information content (AvgIpc) is 2.70. The van der Waals surface area contributed by atoms with E-state index in [0.29, 0.717) is 5.91 Å². The Morgan fingerprint density at radius 1 is 1.29 bits per heavy atom. The first-order valence-corrected chi connectivity index (χ1v) is 5.72. The van der Waals surface area contributed by atoms with E-state index >= 15 is 0 Å². The van der Waals surface area contributed by atoms with Gasteiger partial charge in [0.25, 0.3) is 0 Å². The Kier molecular flexibility index (Phi) is 2.77. The van der Waals surface area contributed by atoms with Crippen LogP contribution >= 0.6 is 0 Å².